The van der Waals surface area contributed by atoms with E-state index in [1.807, 2.05) is 6.21 Å². The van der Waals surface area contributed by atoms with Crippen LogP contribution in [0, 0.1) is 12.8 Å². The molecule has 5 heavy (non-hydrogen) atoms. The number of nitrogens with one attached hydrogen (secondary N) is 1. The van der Waals surface area contributed by atoms with E-state index in [9.17, 15) is 0 Å². The molecule has 29 valence electrons. The van der Waals surface area contributed by atoms with E-state index in [-0.39, 0.29) is 40.1 Å². The van der Waals surface area contributed by atoms with Crippen LogP contribution in [0.2, 0.25) is 0 Å². The van der Waals surface area contributed by atoms with Crippen molar-refractivity contribution in [3.8, 4) is 0 Å². The van der Waals surface area contributed by atoms with Crippen LogP contribution in [0.3, 0.4) is 0 Å². The molecule has 0 saturated carbocycles. The van der Waals surface area contributed by atoms with E-state index in [2.05, 4.69) is 0 Å². The summed E-state index contributed by atoms with van der Waals surface area (Å²) in [6.07, 6.45) is 2.00. The van der Waals surface area contributed by atoms with E-state index < -0.39 is 0 Å². The fourth-order valence-electron chi connectivity index (χ4n) is 0. The number of rotatable bonds is 0. The van der Waals surface area contributed by atoms with Crippen LogP contribution in [-0.4, -0.2) is 6.21 Å². The van der Waals surface area contributed by atoms with Crippen LogP contribution in [0.4, 0.5) is 0 Å². The van der Waals surface area contributed by atoms with Gasteiger partial charge in [-0.1, -0.05) is 0 Å². The van der Waals surface area contributed by atoms with Crippen molar-refractivity contribution in [2.75, 3.05) is 0 Å². The Bertz CT molecular complexity index is 14.4. The molecule has 0 aliphatic carbocycles. The molecule has 0 aromatic heterocycles. The van der Waals surface area contributed by atoms with E-state index in [0.29, 0.717) is 0 Å². The smallest absolute Gasteiger partial charge is 0 e. The van der Waals surface area contributed by atoms with E-state index in [1.165, 1.54) is 0 Å². The fourth-order valence-corrected chi connectivity index (χ4v) is 0. The SMILES string of the molecule is C[C-]=N.[CH3-].[Y]. The Kier molecular flexibility index (Phi) is 73.9. The summed E-state index contributed by atoms with van der Waals surface area (Å²) >= 11 is 0. The second-order valence-corrected chi connectivity index (χ2v) is 0.250. The van der Waals surface area contributed by atoms with Gasteiger partial charge in [-0.3, -0.25) is 0 Å². The molecule has 0 aliphatic rings. The molecule has 0 spiro atoms. The normalized spacial score (nSPS) is 2.60. The first-order chi connectivity index (χ1) is 1.41. The van der Waals surface area contributed by atoms with Gasteiger partial charge in [-0.2, -0.15) is 6.92 Å². The zero-order valence-electron chi connectivity index (χ0n) is 3.58. The van der Waals surface area contributed by atoms with Gasteiger partial charge in [-0.25, -0.2) is 0 Å². The van der Waals surface area contributed by atoms with E-state index >= 15 is 0 Å². The molecule has 0 rings (SSSR count). The Labute approximate surface area is 58.5 Å². The van der Waals surface area contributed by atoms with Gasteiger partial charge in [0.25, 0.3) is 0 Å². The van der Waals surface area contributed by atoms with Crippen molar-refractivity contribution in [3.63, 3.8) is 0 Å². The van der Waals surface area contributed by atoms with Gasteiger partial charge < -0.3 is 19.1 Å². The Balaban J connectivity index is -0.0000000200. The van der Waals surface area contributed by atoms with Crippen molar-refractivity contribution in [1.29, 1.82) is 5.41 Å². The van der Waals surface area contributed by atoms with Gasteiger partial charge in [0.05, 0.1) is 0 Å². The molecule has 0 saturated heterocycles. The molecule has 0 amide bonds. The van der Waals surface area contributed by atoms with Crippen molar-refractivity contribution < 1.29 is 32.7 Å². The predicted molar refractivity (Wildman–Crippen MR) is 19.8 cm³/mol. The summed E-state index contributed by atoms with van der Waals surface area (Å²) in [6.45, 7) is 1.54. The molecule has 0 bridgehead atoms. The summed E-state index contributed by atoms with van der Waals surface area (Å²) in [4.78, 5) is 0. The van der Waals surface area contributed by atoms with Gasteiger partial charge in [0.2, 0.25) is 0 Å². The molecular weight excluding hydrogens is 139 g/mol. The maximum absolute atomic E-state index is 5.96. The van der Waals surface area contributed by atoms with Crippen LogP contribution >= 0.6 is 0 Å². The average Bonchev–Trinajstić information content (AvgIpc) is 0.918. The summed E-state index contributed by atoms with van der Waals surface area (Å²) in [5, 5.41) is 5.96. The molecule has 1 N–H and O–H groups in total. The summed E-state index contributed by atoms with van der Waals surface area (Å²) in [6, 6.07) is 0. The van der Waals surface area contributed by atoms with Crippen LogP contribution < -0.4 is 0 Å². The maximum atomic E-state index is 5.96. The van der Waals surface area contributed by atoms with Crippen LogP contribution in [0.5, 0.6) is 0 Å². The minimum Gasteiger partial charge on any atom is -0.519 e. The van der Waals surface area contributed by atoms with E-state index in [4.69, 9.17) is 5.41 Å². The third-order valence-corrected chi connectivity index (χ3v) is 0. The van der Waals surface area contributed by atoms with Crippen LogP contribution in [-0.2, 0) is 32.7 Å². The first kappa shape index (κ1) is 17.1. The minimum absolute atomic E-state index is 0. The van der Waals surface area contributed by atoms with Gasteiger partial charge in [0.15, 0.2) is 0 Å². The topological polar surface area (TPSA) is 23.9 Å². The van der Waals surface area contributed by atoms with Gasteiger partial charge in [-0.15, -0.1) is 0 Å². The standard InChI is InChI=1S/C2H4N.CH3.Y/c1-2-3;;/h3H,1H3;1H3;/q2*-1;. The van der Waals surface area contributed by atoms with Gasteiger partial charge in [0.1, 0.15) is 0 Å². The molecule has 0 aromatic rings. The maximum Gasteiger partial charge on any atom is 0 e. The zero-order chi connectivity index (χ0) is 2.71. The molecule has 0 atom stereocenters. The van der Waals surface area contributed by atoms with Gasteiger partial charge in [0, 0.05) is 32.7 Å². The Morgan fingerprint density at radius 2 is 1.60 bits per heavy atom. The Morgan fingerprint density at radius 1 is 1.60 bits per heavy atom. The van der Waals surface area contributed by atoms with Crippen molar-refractivity contribution in [1.82, 2.24) is 0 Å². The monoisotopic (exact) mass is 146 g/mol. The van der Waals surface area contributed by atoms with Crippen LogP contribution in [0.15, 0.2) is 0 Å². The zero-order valence-corrected chi connectivity index (χ0v) is 6.42. The van der Waals surface area contributed by atoms with Crippen LogP contribution in [0.25, 0.3) is 0 Å². The van der Waals surface area contributed by atoms with E-state index in [0.717, 1.165) is 0 Å². The van der Waals surface area contributed by atoms with Crippen molar-refractivity contribution in [2.45, 2.75) is 6.92 Å². The minimum atomic E-state index is 0. The van der Waals surface area contributed by atoms with Crippen molar-refractivity contribution in [2.24, 2.45) is 0 Å². The Hall–Kier alpha value is 0.774. The molecular formula is C3H7NY-2. The molecule has 0 unspecified atom stereocenters. The molecule has 1 radical (unpaired) electrons. The summed E-state index contributed by atoms with van der Waals surface area (Å²) in [7, 11) is 0. The average molecular weight is 146 g/mol. The molecule has 0 fully saturated rings. The third kappa shape index (κ3) is 61.3. The number of hydrogen-bond acceptors (Lipinski definition) is 1. The van der Waals surface area contributed by atoms with Crippen molar-refractivity contribution in [3.05, 3.63) is 7.43 Å². The predicted octanol–water partition coefficient (Wildman–Crippen LogP) is 0.981. The molecule has 0 aromatic carbocycles. The molecule has 1 nitrogen and oxygen atoms in total. The van der Waals surface area contributed by atoms with Crippen LogP contribution in [0.1, 0.15) is 6.92 Å². The third-order valence-electron chi connectivity index (χ3n) is 0. The number of hydrogen-bond donors (Lipinski definition) is 1. The first-order valence-corrected chi connectivity index (χ1v) is 0.750. The van der Waals surface area contributed by atoms with Gasteiger partial charge in [-0.05, 0) is 0 Å². The molecule has 0 heterocycles. The van der Waals surface area contributed by atoms with Crippen molar-refractivity contribution >= 4 is 6.21 Å². The quantitative estimate of drug-likeness (QED) is 0.389. The second-order valence-electron chi connectivity index (χ2n) is 0.250. The second kappa shape index (κ2) is 21.6. The summed E-state index contributed by atoms with van der Waals surface area (Å²) < 4.78 is 0. The van der Waals surface area contributed by atoms with E-state index in [1.54, 1.807) is 6.92 Å². The Morgan fingerprint density at radius 3 is 1.60 bits per heavy atom. The van der Waals surface area contributed by atoms with Gasteiger partial charge >= 0.3 is 0 Å². The summed E-state index contributed by atoms with van der Waals surface area (Å²) in [5.74, 6) is 0. The first-order valence-electron chi connectivity index (χ1n) is 0.750. The molecule has 0 aliphatic heterocycles. The largest absolute Gasteiger partial charge is 0.519 e. The summed E-state index contributed by atoms with van der Waals surface area (Å²) in [5.41, 5.74) is 0. The molecule has 2 heteroatoms. The fraction of sp³-hybridized carbons (Fsp3) is 0.333.